The van der Waals surface area contributed by atoms with Gasteiger partial charge in [-0.15, -0.1) is 0 Å². The lowest BCUT2D eigenvalue weighted by Crippen LogP contribution is -2.26. The molecule has 0 aliphatic heterocycles. The zero-order valence-corrected chi connectivity index (χ0v) is 15.4. The van der Waals surface area contributed by atoms with Crippen molar-refractivity contribution in [1.82, 2.24) is 10.3 Å². The zero-order valence-electron chi connectivity index (χ0n) is 15.4. The molecule has 2 aromatic carbocycles. The van der Waals surface area contributed by atoms with Crippen molar-refractivity contribution < 1.29 is 14.9 Å². The molecule has 0 saturated carbocycles. The molecule has 1 atom stereocenters. The summed E-state index contributed by atoms with van der Waals surface area (Å²) >= 11 is 0. The summed E-state index contributed by atoms with van der Waals surface area (Å²) in [6.45, 7) is 1.49. The van der Waals surface area contributed by atoms with Gasteiger partial charge in [0.2, 0.25) is 0 Å². The second kappa shape index (κ2) is 8.03. The lowest BCUT2D eigenvalue weighted by Gasteiger charge is -2.14. The maximum absolute atomic E-state index is 10.1. The molecule has 27 heavy (non-hydrogen) atoms. The van der Waals surface area contributed by atoms with Crippen molar-refractivity contribution in [2.45, 2.75) is 31.8 Å². The Balaban J connectivity index is 1.27. The first kappa shape index (κ1) is 17.9. The molecule has 0 fully saturated rings. The van der Waals surface area contributed by atoms with Gasteiger partial charge in [0.1, 0.15) is 18.1 Å². The van der Waals surface area contributed by atoms with Crippen molar-refractivity contribution in [1.29, 1.82) is 0 Å². The molecular formula is C22H26N2O3. The number of phenolic OH excluding ortho intramolecular Hbond substituents is 1. The van der Waals surface area contributed by atoms with E-state index < -0.39 is 6.10 Å². The molecule has 3 aromatic rings. The summed E-state index contributed by atoms with van der Waals surface area (Å²) in [6.07, 6.45) is 4.10. The summed E-state index contributed by atoms with van der Waals surface area (Å²) in [5.74, 6) is 0.967. The largest absolute Gasteiger partial charge is 0.508 e. The highest BCUT2D eigenvalue weighted by Gasteiger charge is 2.15. The van der Waals surface area contributed by atoms with Crippen molar-refractivity contribution in [3.8, 4) is 11.5 Å². The molecular weight excluding hydrogens is 340 g/mol. The van der Waals surface area contributed by atoms with Crippen LogP contribution in [-0.2, 0) is 12.8 Å². The van der Waals surface area contributed by atoms with Crippen LogP contribution in [0.15, 0.2) is 42.5 Å². The third-order valence-corrected chi connectivity index (χ3v) is 5.25. The molecule has 1 unspecified atom stereocenters. The highest BCUT2D eigenvalue weighted by Crippen LogP contribution is 2.31. The second-order valence-corrected chi connectivity index (χ2v) is 7.12. The summed E-state index contributed by atoms with van der Waals surface area (Å²) in [5, 5.41) is 24.4. The highest BCUT2D eigenvalue weighted by molar-refractivity contribution is 5.86. The average Bonchev–Trinajstić information content (AvgIpc) is 3.05. The molecule has 5 nitrogen and oxygen atoms in total. The smallest absolute Gasteiger partial charge is 0.121 e. The molecule has 0 bridgehead atoms. The third kappa shape index (κ3) is 3.94. The molecule has 1 aliphatic rings. The average molecular weight is 366 g/mol. The fraction of sp³-hybridized carbons (Fsp3) is 0.364. The Morgan fingerprint density at radius 2 is 1.96 bits per heavy atom. The van der Waals surface area contributed by atoms with Crippen LogP contribution in [0.4, 0.5) is 0 Å². The Labute approximate surface area is 159 Å². The second-order valence-electron chi connectivity index (χ2n) is 7.12. The van der Waals surface area contributed by atoms with Crippen LogP contribution in [0.1, 0.15) is 35.8 Å². The number of para-hydroxylation sites is 1. The monoisotopic (exact) mass is 366 g/mol. The maximum Gasteiger partial charge on any atom is 0.121 e. The normalized spacial score (nSPS) is 14.9. The minimum Gasteiger partial charge on any atom is -0.508 e. The van der Waals surface area contributed by atoms with Crippen LogP contribution in [0.5, 0.6) is 11.5 Å². The standard InChI is InChI=1S/C22H26N2O3/c25-21-8-4-2-6-18(21)22(26)14-23-11-12-27-15-9-10-17-16-5-1-3-7-19(16)24-20(17)13-15/h2,4,6,8-10,13,22-26H,1,3,5,7,11-12,14H2. The molecule has 1 heterocycles. The van der Waals surface area contributed by atoms with Crippen LogP contribution in [0.25, 0.3) is 10.9 Å². The number of ether oxygens (including phenoxy) is 1. The summed E-state index contributed by atoms with van der Waals surface area (Å²) in [6, 6.07) is 13.1. The quantitative estimate of drug-likeness (QED) is 0.483. The number of aliphatic hydroxyl groups is 1. The predicted octanol–water partition coefficient (Wildman–Crippen LogP) is 3.45. The molecule has 0 spiro atoms. The van der Waals surface area contributed by atoms with Crippen LogP contribution in [0.2, 0.25) is 0 Å². The van der Waals surface area contributed by atoms with E-state index in [0.717, 1.165) is 17.7 Å². The number of hydrogen-bond donors (Lipinski definition) is 4. The van der Waals surface area contributed by atoms with Gasteiger partial charge in [-0.3, -0.25) is 0 Å². The molecule has 0 amide bonds. The molecule has 5 heteroatoms. The van der Waals surface area contributed by atoms with E-state index in [0.29, 0.717) is 25.3 Å². The van der Waals surface area contributed by atoms with Crippen LogP contribution in [-0.4, -0.2) is 34.9 Å². The van der Waals surface area contributed by atoms with E-state index in [-0.39, 0.29) is 5.75 Å². The molecule has 0 saturated heterocycles. The SMILES string of the molecule is Oc1ccccc1C(O)CNCCOc1ccc2c3c([nH]c2c1)CCCC3. The van der Waals surface area contributed by atoms with Gasteiger partial charge in [-0.2, -0.15) is 0 Å². The fourth-order valence-electron chi connectivity index (χ4n) is 3.84. The van der Waals surface area contributed by atoms with E-state index in [1.165, 1.54) is 35.9 Å². The van der Waals surface area contributed by atoms with Gasteiger partial charge in [0.15, 0.2) is 0 Å². The van der Waals surface area contributed by atoms with E-state index in [1.54, 1.807) is 24.3 Å². The number of aromatic nitrogens is 1. The highest BCUT2D eigenvalue weighted by atomic mass is 16.5. The molecule has 4 N–H and O–H groups in total. The molecule has 142 valence electrons. The lowest BCUT2D eigenvalue weighted by atomic mass is 9.96. The van der Waals surface area contributed by atoms with Gasteiger partial charge in [0.05, 0.1) is 6.10 Å². The first-order chi connectivity index (χ1) is 13.2. The number of phenols is 1. The Hall–Kier alpha value is -2.50. The number of hydrogen-bond acceptors (Lipinski definition) is 4. The summed E-state index contributed by atoms with van der Waals surface area (Å²) in [4.78, 5) is 3.54. The number of benzene rings is 2. The molecule has 4 rings (SSSR count). The molecule has 1 aromatic heterocycles. The van der Waals surface area contributed by atoms with E-state index in [2.05, 4.69) is 22.4 Å². The number of nitrogens with one attached hydrogen (secondary N) is 2. The minimum atomic E-state index is -0.743. The van der Waals surface area contributed by atoms with Crippen molar-refractivity contribution >= 4 is 10.9 Å². The van der Waals surface area contributed by atoms with Crippen LogP contribution >= 0.6 is 0 Å². The van der Waals surface area contributed by atoms with Crippen molar-refractivity contribution in [3.05, 3.63) is 59.3 Å². The first-order valence-corrected chi connectivity index (χ1v) is 9.65. The minimum absolute atomic E-state index is 0.116. The number of aryl methyl sites for hydroxylation is 2. The zero-order chi connectivity index (χ0) is 18.6. The molecule has 1 aliphatic carbocycles. The number of fused-ring (bicyclic) bond motifs is 3. The van der Waals surface area contributed by atoms with Crippen LogP contribution in [0, 0.1) is 0 Å². The molecule has 0 radical (unpaired) electrons. The van der Waals surface area contributed by atoms with Gasteiger partial charge in [0, 0.05) is 41.3 Å². The van der Waals surface area contributed by atoms with Gasteiger partial charge < -0.3 is 25.3 Å². The van der Waals surface area contributed by atoms with Gasteiger partial charge in [-0.1, -0.05) is 18.2 Å². The Bertz CT molecular complexity index is 919. The number of aromatic hydroxyl groups is 1. The Kier molecular flexibility index (Phi) is 5.32. The Morgan fingerprint density at radius 1 is 1.11 bits per heavy atom. The van der Waals surface area contributed by atoms with Gasteiger partial charge in [-0.05, 0) is 49.4 Å². The van der Waals surface area contributed by atoms with E-state index in [9.17, 15) is 10.2 Å². The van der Waals surface area contributed by atoms with Gasteiger partial charge in [-0.25, -0.2) is 0 Å². The van der Waals surface area contributed by atoms with Crippen molar-refractivity contribution in [3.63, 3.8) is 0 Å². The Morgan fingerprint density at radius 3 is 2.85 bits per heavy atom. The van der Waals surface area contributed by atoms with Crippen molar-refractivity contribution in [2.24, 2.45) is 0 Å². The topological polar surface area (TPSA) is 77.5 Å². The predicted molar refractivity (Wildman–Crippen MR) is 106 cm³/mol. The summed E-state index contributed by atoms with van der Waals surface area (Å²) in [5.41, 5.74) is 4.55. The fourth-order valence-corrected chi connectivity index (χ4v) is 3.84. The third-order valence-electron chi connectivity index (χ3n) is 5.25. The van der Waals surface area contributed by atoms with Crippen LogP contribution < -0.4 is 10.1 Å². The number of H-pyrrole nitrogens is 1. The number of aromatic amines is 1. The summed E-state index contributed by atoms with van der Waals surface area (Å²) < 4.78 is 5.84. The summed E-state index contributed by atoms with van der Waals surface area (Å²) in [7, 11) is 0. The number of aliphatic hydroxyl groups excluding tert-OH is 1. The van der Waals surface area contributed by atoms with E-state index in [1.807, 2.05) is 6.07 Å². The van der Waals surface area contributed by atoms with Crippen LogP contribution in [0.3, 0.4) is 0 Å². The van der Waals surface area contributed by atoms with E-state index >= 15 is 0 Å². The lowest BCUT2D eigenvalue weighted by molar-refractivity contribution is 0.168. The van der Waals surface area contributed by atoms with E-state index in [4.69, 9.17) is 4.74 Å². The number of rotatable bonds is 7. The van der Waals surface area contributed by atoms with Gasteiger partial charge in [0.25, 0.3) is 0 Å². The van der Waals surface area contributed by atoms with Crippen molar-refractivity contribution in [2.75, 3.05) is 19.7 Å². The van der Waals surface area contributed by atoms with Gasteiger partial charge >= 0.3 is 0 Å². The first-order valence-electron chi connectivity index (χ1n) is 9.65. The maximum atomic E-state index is 10.1.